The van der Waals surface area contributed by atoms with Crippen LogP contribution in [0.5, 0.6) is 0 Å². The third kappa shape index (κ3) is 9.38. The highest BCUT2D eigenvalue weighted by molar-refractivity contribution is 8.22. The van der Waals surface area contributed by atoms with Crippen molar-refractivity contribution in [2.45, 2.75) is 13.3 Å². The van der Waals surface area contributed by atoms with Crippen molar-refractivity contribution in [3.05, 3.63) is 70.1 Å². The van der Waals surface area contributed by atoms with E-state index in [0.717, 1.165) is 16.3 Å². The van der Waals surface area contributed by atoms with Crippen LogP contribution >= 0.6 is 23.7 Å². The van der Waals surface area contributed by atoms with Gasteiger partial charge in [-0.1, -0.05) is 31.3 Å². The molecule has 0 aliphatic heterocycles. The Kier molecular flexibility index (Phi) is 13.7. The van der Waals surface area contributed by atoms with Gasteiger partial charge < -0.3 is 20.9 Å². The molecule has 0 bridgehead atoms. The normalized spacial score (nSPS) is 10.3. The molecule has 8 nitrogen and oxygen atoms in total. The van der Waals surface area contributed by atoms with Gasteiger partial charge in [0.1, 0.15) is 5.82 Å². The highest BCUT2D eigenvalue weighted by atomic mass is 32.2. The first-order chi connectivity index (χ1) is 16.9. The Hall–Kier alpha value is -3.44. The number of carbonyl (C=O) groups is 3. The number of amides is 3. The largest absolute Gasteiger partial charge is 0.388 e. The van der Waals surface area contributed by atoms with E-state index in [1.54, 1.807) is 43.8 Å². The molecule has 2 aromatic rings. The van der Waals surface area contributed by atoms with E-state index in [1.807, 2.05) is 13.0 Å². The van der Waals surface area contributed by atoms with E-state index in [9.17, 15) is 18.8 Å². The second-order valence-corrected chi connectivity index (χ2v) is 8.75. The molecule has 0 heterocycles. The molecule has 0 radical (unpaired) electrons. The molecule has 0 aromatic heterocycles. The van der Waals surface area contributed by atoms with Crippen LogP contribution in [0.1, 0.15) is 23.7 Å². The Labute approximate surface area is 213 Å². The van der Waals surface area contributed by atoms with Crippen LogP contribution in [0.15, 0.2) is 58.7 Å². The van der Waals surface area contributed by atoms with Gasteiger partial charge >= 0.3 is 0 Å². The number of hydrogen-bond donors (Lipinski definition) is 4. The molecule has 0 fully saturated rings. The first kappa shape index (κ1) is 29.6. The second-order valence-electron chi connectivity index (χ2n) is 6.61. The highest BCUT2D eigenvalue weighted by Gasteiger charge is 2.20. The lowest BCUT2D eigenvalue weighted by atomic mass is 10.1. The zero-order valence-electron chi connectivity index (χ0n) is 20.1. The van der Waals surface area contributed by atoms with Gasteiger partial charge in [-0.3, -0.25) is 19.1 Å². The van der Waals surface area contributed by atoms with Crippen molar-refractivity contribution in [2.24, 2.45) is 0 Å². The van der Waals surface area contributed by atoms with Crippen LogP contribution in [0.25, 0.3) is 0 Å². The van der Waals surface area contributed by atoms with Crippen molar-refractivity contribution in [2.75, 3.05) is 42.0 Å². The van der Waals surface area contributed by atoms with Gasteiger partial charge in [0.15, 0.2) is 0 Å². The number of thioether (sulfide) groups is 1. The second kappa shape index (κ2) is 16.2. The lowest BCUT2D eigenvalue weighted by molar-refractivity contribution is -0.108. The number of rotatable bonds is 12. The van der Waals surface area contributed by atoms with Crippen LogP contribution < -0.4 is 25.6 Å². The molecule has 2 aromatic carbocycles. The van der Waals surface area contributed by atoms with Crippen molar-refractivity contribution in [1.29, 1.82) is 0 Å². The maximum atomic E-state index is 14.2. The molecular weight excluding hydrogens is 489 g/mol. The van der Waals surface area contributed by atoms with Gasteiger partial charge in [0.25, 0.3) is 5.91 Å². The Morgan fingerprint density at radius 2 is 1.74 bits per heavy atom. The quantitative estimate of drug-likeness (QED) is 0.224. The minimum absolute atomic E-state index is 0.147. The van der Waals surface area contributed by atoms with Gasteiger partial charge in [-0.25, -0.2) is 4.39 Å². The van der Waals surface area contributed by atoms with E-state index in [0.29, 0.717) is 24.2 Å². The lowest BCUT2D eigenvalue weighted by Crippen LogP contribution is -2.28. The van der Waals surface area contributed by atoms with Crippen molar-refractivity contribution in [1.82, 2.24) is 4.72 Å². The minimum atomic E-state index is -0.519. The molecular formula is C24H30FN5O3S2. The van der Waals surface area contributed by atoms with Gasteiger partial charge in [-0.2, -0.15) is 0 Å². The summed E-state index contributed by atoms with van der Waals surface area (Å²) >= 11 is 2.81. The first-order valence-electron chi connectivity index (χ1n) is 10.5. The molecule has 4 N–H and O–H groups in total. The van der Waals surface area contributed by atoms with Gasteiger partial charge in [0.2, 0.25) is 12.8 Å². The molecule has 0 spiro atoms. The Balaban J connectivity index is 0.000000471. The van der Waals surface area contributed by atoms with E-state index in [2.05, 4.69) is 27.3 Å². The average molecular weight is 520 g/mol. The summed E-state index contributed by atoms with van der Waals surface area (Å²) in [6, 6.07) is 9.43. The third-order valence-corrected chi connectivity index (χ3v) is 6.12. The van der Waals surface area contributed by atoms with Crippen LogP contribution in [-0.2, 0) is 9.59 Å². The average Bonchev–Trinajstić information content (AvgIpc) is 2.87. The van der Waals surface area contributed by atoms with E-state index >= 15 is 0 Å². The van der Waals surface area contributed by atoms with Crippen LogP contribution in [0.3, 0.4) is 0 Å². The van der Waals surface area contributed by atoms with E-state index in [4.69, 9.17) is 0 Å². The number of benzene rings is 2. The van der Waals surface area contributed by atoms with Crippen LogP contribution in [-0.4, -0.2) is 39.9 Å². The molecule has 0 aliphatic carbocycles. The van der Waals surface area contributed by atoms with Gasteiger partial charge in [-0.15, -0.1) is 0 Å². The summed E-state index contributed by atoms with van der Waals surface area (Å²) in [5.74, 6) is -0.951. The summed E-state index contributed by atoms with van der Waals surface area (Å²) in [5, 5.41) is 10.00. The Bertz CT molecular complexity index is 1050. The highest BCUT2D eigenvalue weighted by Crippen LogP contribution is 2.27. The summed E-state index contributed by atoms with van der Waals surface area (Å²) < 4.78 is 17.8. The monoisotopic (exact) mass is 519 g/mol. The molecule has 35 heavy (non-hydrogen) atoms. The zero-order chi connectivity index (χ0) is 26.2. The Morgan fingerprint density at radius 3 is 2.29 bits per heavy atom. The van der Waals surface area contributed by atoms with Crippen LogP contribution in [0, 0.1) is 5.82 Å². The fourth-order valence-electron chi connectivity index (χ4n) is 2.74. The number of anilines is 4. The van der Waals surface area contributed by atoms with Gasteiger partial charge in [-0.05, 0) is 60.2 Å². The lowest BCUT2D eigenvalue weighted by Gasteiger charge is -2.20. The maximum absolute atomic E-state index is 14.2. The topological polar surface area (TPSA) is 103 Å². The maximum Gasteiger partial charge on any atom is 0.260 e. The molecule has 0 aliphatic rings. The first-order valence-corrected chi connectivity index (χ1v) is 12.2. The van der Waals surface area contributed by atoms with Crippen molar-refractivity contribution in [3.8, 4) is 0 Å². The number of hydrogen-bond acceptors (Lipinski definition) is 7. The van der Waals surface area contributed by atoms with Crippen molar-refractivity contribution in [3.63, 3.8) is 0 Å². The van der Waals surface area contributed by atoms with E-state index < -0.39 is 11.7 Å². The Morgan fingerprint density at radius 1 is 1.09 bits per heavy atom. The number of halogens is 1. The molecule has 11 heteroatoms. The molecule has 188 valence electrons. The van der Waals surface area contributed by atoms with E-state index in [-0.39, 0.29) is 11.3 Å². The van der Waals surface area contributed by atoms with Gasteiger partial charge in [0.05, 0.1) is 21.2 Å². The fraction of sp³-hybridized carbons (Fsp3) is 0.208. The van der Waals surface area contributed by atoms with Crippen LogP contribution in [0.2, 0.25) is 0 Å². The molecule has 2 rings (SSSR count). The number of nitrogens with zero attached hydrogens (tertiary/aromatic N) is 1. The summed E-state index contributed by atoms with van der Waals surface area (Å²) in [6.07, 6.45) is 4.16. The van der Waals surface area contributed by atoms with Crippen molar-refractivity contribution >= 4 is 65.2 Å². The summed E-state index contributed by atoms with van der Waals surface area (Å²) in [7, 11) is 4.90. The number of carbonyl (C=O) groups excluding carboxylic acids is 3. The fourth-order valence-corrected chi connectivity index (χ4v) is 4.12. The SMILES string of the molecule is C=CS/C(=C\CC)SNC=O.CNc1ccc(N(C)C(=O)c2ccc(NC)cc2NC=O)c(F)c1. The standard InChI is InChI=1S/C17H19FN4O2.C7H11NOS2/c1-19-11-5-7-16(14(18)8-11)22(3)17(24)13-6-4-12(20-2)9-15(13)21-10-23;1-3-5-7(10-4-2)11-8-6-9/h4-10,19-20H,1-3H3,(H,21,23);4-6H,2-3H2,1H3,(H,8,9)/b;7-5+. The van der Waals surface area contributed by atoms with Crippen LogP contribution in [0.4, 0.5) is 27.1 Å². The minimum Gasteiger partial charge on any atom is -0.388 e. The van der Waals surface area contributed by atoms with Crippen molar-refractivity contribution < 1.29 is 18.8 Å². The molecule has 0 saturated heterocycles. The summed E-state index contributed by atoms with van der Waals surface area (Å²) in [6.45, 7) is 5.63. The molecule has 0 atom stereocenters. The predicted octanol–water partition coefficient (Wildman–Crippen LogP) is 5.26. The third-order valence-electron chi connectivity index (χ3n) is 4.43. The molecule has 0 saturated carbocycles. The summed E-state index contributed by atoms with van der Waals surface area (Å²) in [4.78, 5) is 34.6. The number of allylic oxidation sites excluding steroid dienone is 1. The number of nitrogens with one attached hydrogen (secondary N) is 4. The zero-order valence-corrected chi connectivity index (χ0v) is 21.7. The smallest absolute Gasteiger partial charge is 0.260 e. The molecule has 3 amide bonds. The summed E-state index contributed by atoms with van der Waals surface area (Å²) in [5.41, 5.74) is 2.11. The van der Waals surface area contributed by atoms with Gasteiger partial charge in [0, 0.05) is 32.5 Å². The predicted molar refractivity (Wildman–Crippen MR) is 147 cm³/mol. The molecule has 0 unspecified atom stereocenters. The van der Waals surface area contributed by atoms with E-state index in [1.165, 1.54) is 47.8 Å².